The van der Waals surface area contributed by atoms with Crippen molar-refractivity contribution < 1.29 is 63.0 Å². The SMILES string of the molecule is NC(=O)CC[C@@H]1NC(=O)[C@H](Cc2ccccc2)NC(=O)[C@H](Cc2ccc(O)cc2)NC(=O)[C@@H](N)CSSC[C@@H](C(=O)N2CCCC2C(=O)N[C@@H](CCCN=C(N)N)C(=O)NCC(=O)O)NC(=O)[C@H](CC(N)=O)NC1=O. The number of nitrogens with one attached hydrogen (secondary N) is 7. The van der Waals surface area contributed by atoms with Crippen LogP contribution in [0.2, 0.25) is 0 Å². The molecule has 29 heteroatoms. The summed E-state index contributed by atoms with van der Waals surface area (Å²) in [7, 11) is 1.98. The van der Waals surface area contributed by atoms with Crippen molar-refractivity contribution in [3.63, 3.8) is 0 Å². The molecule has 408 valence electrons. The van der Waals surface area contributed by atoms with E-state index in [4.69, 9.17) is 33.8 Å². The van der Waals surface area contributed by atoms with Gasteiger partial charge >= 0.3 is 5.97 Å². The molecule has 4 rings (SSSR count). The third-order valence-electron chi connectivity index (χ3n) is 11.6. The number of carbonyl (C=O) groups excluding carboxylic acids is 10. The van der Waals surface area contributed by atoms with Crippen LogP contribution in [0.5, 0.6) is 5.75 Å². The van der Waals surface area contributed by atoms with E-state index >= 15 is 0 Å². The number of guanidine groups is 1. The number of nitrogens with zero attached hydrogens (tertiary/aromatic N) is 2. The van der Waals surface area contributed by atoms with E-state index in [1.807, 2.05) is 0 Å². The second-order valence-electron chi connectivity index (χ2n) is 17.5. The van der Waals surface area contributed by atoms with E-state index in [0.717, 1.165) is 26.5 Å². The molecule has 19 N–H and O–H groups in total. The normalized spacial score (nSPS) is 22.6. The number of hydrogen-bond acceptors (Lipinski definition) is 16. The van der Waals surface area contributed by atoms with Crippen molar-refractivity contribution >= 4 is 92.6 Å². The molecule has 0 aromatic heterocycles. The summed E-state index contributed by atoms with van der Waals surface area (Å²) in [5, 5.41) is 36.6. The average Bonchev–Trinajstić information content (AvgIpc) is 3.86. The van der Waals surface area contributed by atoms with Crippen LogP contribution in [0.3, 0.4) is 0 Å². The number of phenols is 1. The number of likely N-dealkylation sites (tertiary alicyclic amines) is 1. The van der Waals surface area contributed by atoms with E-state index in [0.29, 0.717) is 11.1 Å². The number of carboxylic acid groups (broad SMARTS) is 1. The highest BCUT2D eigenvalue weighted by Crippen LogP contribution is 2.26. The fourth-order valence-corrected chi connectivity index (χ4v) is 10.1. The number of primary amides is 2. The van der Waals surface area contributed by atoms with Crippen molar-refractivity contribution in [2.24, 2.45) is 33.7 Å². The third kappa shape index (κ3) is 20.3. The number of hydrogen-bond donors (Lipinski definition) is 14. The number of rotatable bonds is 19. The molecule has 2 aliphatic rings. The lowest BCUT2D eigenvalue weighted by molar-refractivity contribution is -0.142. The number of nitrogens with two attached hydrogens (primary N) is 5. The van der Waals surface area contributed by atoms with E-state index in [1.54, 1.807) is 30.3 Å². The summed E-state index contributed by atoms with van der Waals surface area (Å²) in [6.07, 6.45) is -1.52. The summed E-state index contributed by atoms with van der Waals surface area (Å²) >= 11 is 0. The monoisotopic (exact) mass is 1080 g/mol. The molecular formula is C46H64N14O13S2. The van der Waals surface area contributed by atoms with Crippen LogP contribution in [0, 0.1) is 0 Å². The lowest BCUT2D eigenvalue weighted by Crippen LogP contribution is -2.61. The number of aromatic hydroxyl groups is 1. The Kier molecular flexibility index (Phi) is 23.9. The van der Waals surface area contributed by atoms with Gasteiger partial charge in [-0.05, 0) is 55.4 Å². The lowest BCUT2D eigenvalue weighted by Gasteiger charge is -2.31. The first-order valence-electron chi connectivity index (χ1n) is 23.7. The smallest absolute Gasteiger partial charge is 0.322 e. The van der Waals surface area contributed by atoms with E-state index in [1.165, 1.54) is 24.3 Å². The van der Waals surface area contributed by atoms with E-state index in [2.05, 4.69) is 42.2 Å². The zero-order chi connectivity index (χ0) is 55.2. The predicted octanol–water partition coefficient (Wildman–Crippen LogP) is -4.81. The maximum atomic E-state index is 14.6. The molecule has 0 spiro atoms. The van der Waals surface area contributed by atoms with Crippen LogP contribution < -0.4 is 65.9 Å². The summed E-state index contributed by atoms with van der Waals surface area (Å²) in [6, 6.07) is 2.64. The van der Waals surface area contributed by atoms with Crippen LogP contribution >= 0.6 is 21.6 Å². The molecule has 10 amide bonds. The Morgan fingerprint density at radius 3 is 1.92 bits per heavy atom. The second-order valence-corrected chi connectivity index (χ2v) is 20.1. The van der Waals surface area contributed by atoms with Gasteiger partial charge in [0, 0.05) is 43.9 Å². The molecule has 0 aliphatic carbocycles. The molecular weight excluding hydrogens is 1020 g/mol. The Morgan fingerprint density at radius 1 is 0.733 bits per heavy atom. The number of aliphatic carboxylic acids is 1. The highest BCUT2D eigenvalue weighted by atomic mass is 33.1. The molecule has 0 radical (unpaired) electrons. The molecule has 75 heavy (non-hydrogen) atoms. The van der Waals surface area contributed by atoms with E-state index in [9.17, 15) is 57.8 Å². The highest BCUT2D eigenvalue weighted by molar-refractivity contribution is 8.76. The van der Waals surface area contributed by atoms with Crippen molar-refractivity contribution in [3.05, 3.63) is 65.7 Å². The molecule has 2 aromatic carbocycles. The van der Waals surface area contributed by atoms with Gasteiger partial charge < -0.3 is 81.0 Å². The van der Waals surface area contributed by atoms with Crippen LogP contribution in [0.25, 0.3) is 0 Å². The number of benzene rings is 2. The van der Waals surface area contributed by atoms with Crippen LogP contribution in [-0.4, -0.2) is 166 Å². The summed E-state index contributed by atoms with van der Waals surface area (Å²) in [5.74, 6) is -11.2. The van der Waals surface area contributed by atoms with Crippen molar-refractivity contribution in [1.29, 1.82) is 0 Å². The molecule has 2 aromatic rings. The summed E-state index contributed by atoms with van der Waals surface area (Å²) in [4.78, 5) is 153. The predicted molar refractivity (Wildman–Crippen MR) is 274 cm³/mol. The van der Waals surface area contributed by atoms with E-state index < -0.39 is 139 Å². The van der Waals surface area contributed by atoms with Gasteiger partial charge in [-0.25, -0.2) is 0 Å². The zero-order valence-electron chi connectivity index (χ0n) is 40.7. The summed E-state index contributed by atoms with van der Waals surface area (Å²) in [6.45, 7) is -0.706. The van der Waals surface area contributed by atoms with Gasteiger partial charge in [0.1, 0.15) is 54.6 Å². The fourth-order valence-electron chi connectivity index (χ4n) is 7.79. The standard InChI is InChI=1S/C46H64N14O13S2/c47-27-22-74-75-23-33(45(73)60-17-5-9-34(60)44(72)55-28(8-4-16-52-46(50)51)39(67)53-21-37(64)65)59-43(71)32(20-36(49)63)58-40(68)29(14-15-35(48)62)54-41(69)31(18-24-6-2-1-3-7-24)57-42(70)30(56-38(27)66)19-25-10-12-26(61)13-11-25/h1-3,6-7,10-13,27-34,61H,4-5,8-9,14-23,47H2,(H2,48,62)(H2,49,63)(H,53,67)(H,54,69)(H,55,72)(H,56,66)(H,57,70)(H,58,68)(H,59,71)(H,64,65)(H4,50,51,52)/t27-,28-,29-,30-,31-,32-,33-,34?/m0/s1. The van der Waals surface area contributed by atoms with Crippen molar-refractivity contribution in [2.75, 3.05) is 31.1 Å². The van der Waals surface area contributed by atoms with Gasteiger partial charge in [0.05, 0.1) is 12.5 Å². The topological polar surface area (TPSA) is 458 Å². The van der Waals surface area contributed by atoms with Crippen molar-refractivity contribution in [2.45, 2.75) is 106 Å². The molecule has 2 aliphatic heterocycles. The average molecular weight is 1090 g/mol. The van der Waals surface area contributed by atoms with Gasteiger partial charge in [0.2, 0.25) is 59.1 Å². The first-order chi connectivity index (χ1) is 35.6. The molecule has 0 bridgehead atoms. The van der Waals surface area contributed by atoms with Crippen LogP contribution in [0.1, 0.15) is 56.1 Å². The minimum atomic E-state index is -1.80. The number of carbonyl (C=O) groups is 11. The first-order valence-corrected chi connectivity index (χ1v) is 26.2. The van der Waals surface area contributed by atoms with Gasteiger partial charge in [-0.1, -0.05) is 64.1 Å². The Balaban J connectivity index is 1.71. The van der Waals surface area contributed by atoms with Gasteiger partial charge in [-0.15, -0.1) is 0 Å². The van der Waals surface area contributed by atoms with Crippen LogP contribution in [0.4, 0.5) is 0 Å². The van der Waals surface area contributed by atoms with Gasteiger partial charge in [-0.2, -0.15) is 0 Å². The number of amides is 10. The van der Waals surface area contributed by atoms with Crippen LogP contribution in [0.15, 0.2) is 59.6 Å². The third-order valence-corrected chi connectivity index (χ3v) is 14.1. The number of phenolic OH excluding ortho intramolecular Hbond substituents is 1. The fraction of sp³-hybridized carbons (Fsp3) is 0.478. The van der Waals surface area contributed by atoms with Crippen LogP contribution in [-0.2, 0) is 65.6 Å². The molecule has 2 fully saturated rings. The largest absolute Gasteiger partial charge is 0.508 e. The molecule has 27 nitrogen and oxygen atoms in total. The lowest BCUT2D eigenvalue weighted by atomic mass is 10.0. The highest BCUT2D eigenvalue weighted by Gasteiger charge is 2.40. The Labute approximate surface area is 438 Å². The molecule has 2 saturated heterocycles. The maximum Gasteiger partial charge on any atom is 0.322 e. The molecule has 2 heterocycles. The van der Waals surface area contributed by atoms with Gasteiger partial charge in [0.15, 0.2) is 5.96 Å². The zero-order valence-corrected chi connectivity index (χ0v) is 42.3. The summed E-state index contributed by atoms with van der Waals surface area (Å²) in [5.41, 5.74) is 29.2. The summed E-state index contributed by atoms with van der Waals surface area (Å²) < 4.78 is 0. The van der Waals surface area contributed by atoms with Crippen molar-refractivity contribution in [1.82, 2.24) is 42.1 Å². The minimum Gasteiger partial charge on any atom is -0.508 e. The number of carboxylic acids is 1. The maximum absolute atomic E-state index is 14.6. The van der Waals surface area contributed by atoms with Gasteiger partial charge in [0.25, 0.3) is 0 Å². The van der Waals surface area contributed by atoms with Gasteiger partial charge in [-0.3, -0.25) is 57.7 Å². The Hall–Kier alpha value is -7.66. The number of aliphatic imine (C=N–C) groups is 1. The Morgan fingerprint density at radius 2 is 1.31 bits per heavy atom. The Bertz CT molecular complexity index is 2420. The molecule has 1 unspecified atom stereocenters. The molecule has 8 atom stereocenters. The van der Waals surface area contributed by atoms with Crippen molar-refractivity contribution in [3.8, 4) is 5.75 Å². The molecule has 0 saturated carbocycles. The first kappa shape index (κ1) is 59.9. The second kappa shape index (κ2) is 29.9. The van der Waals surface area contributed by atoms with E-state index in [-0.39, 0.29) is 74.8 Å². The minimum absolute atomic E-state index is 0.0145. The quantitative estimate of drug-likeness (QED) is 0.0272.